The molecule has 0 spiro atoms. The van der Waals surface area contributed by atoms with Crippen molar-refractivity contribution in [2.24, 2.45) is 13.0 Å². The minimum absolute atomic E-state index is 0.491. The van der Waals surface area contributed by atoms with Crippen LogP contribution in [0, 0.1) is 5.92 Å². The van der Waals surface area contributed by atoms with Gasteiger partial charge in [-0.3, -0.25) is 0 Å². The summed E-state index contributed by atoms with van der Waals surface area (Å²) >= 11 is 0. The Kier molecular flexibility index (Phi) is 4.60. The number of hydrogen-bond acceptors (Lipinski definition) is 2. The highest BCUT2D eigenvalue weighted by atomic mass is 15.1. The summed E-state index contributed by atoms with van der Waals surface area (Å²) in [6.07, 6.45) is 12.1. The van der Waals surface area contributed by atoms with Crippen molar-refractivity contribution >= 4 is 0 Å². The standard InChI is InChI=1S/C14H25N3/c1-3-8-16-13(9-12-6-4-5-7-12)14-10-15-11-17(14)2/h10-13,16H,3-9H2,1-2H3. The van der Waals surface area contributed by atoms with Gasteiger partial charge in [-0.05, 0) is 25.3 Å². The Morgan fingerprint density at radius 3 is 2.82 bits per heavy atom. The molecule has 17 heavy (non-hydrogen) atoms. The van der Waals surface area contributed by atoms with Gasteiger partial charge in [0.2, 0.25) is 0 Å². The lowest BCUT2D eigenvalue weighted by molar-refractivity contribution is 0.384. The lowest BCUT2D eigenvalue weighted by Crippen LogP contribution is -2.25. The first kappa shape index (κ1) is 12.6. The van der Waals surface area contributed by atoms with Gasteiger partial charge in [-0.15, -0.1) is 0 Å². The van der Waals surface area contributed by atoms with Crippen LogP contribution in [0.1, 0.15) is 57.2 Å². The summed E-state index contributed by atoms with van der Waals surface area (Å²) in [5.41, 5.74) is 1.34. The third kappa shape index (κ3) is 3.32. The van der Waals surface area contributed by atoms with Gasteiger partial charge in [0.1, 0.15) is 0 Å². The molecule has 1 aromatic heterocycles. The molecule has 1 saturated carbocycles. The lowest BCUT2D eigenvalue weighted by atomic mass is 9.96. The highest BCUT2D eigenvalue weighted by Crippen LogP contribution is 2.32. The molecule has 96 valence electrons. The van der Waals surface area contributed by atoms with E-state index in [9.17, 15) is 0 Å². The SMILES string of the molecule is CCCNC(CC1CCCC1)c1cncn1C. The number of aryl methyl sites for hydroxylation is 1. The molecular weight excluding hydrogens is 210 g/mol. The first-order chi connectivity index (χ1) is 8.31. The van der Waals surface area contributed by atoms with Crippen LogP contribution in [0.2, 0.25) is 0 Å². The molecule has 0 saturated heterocycles. The van der Waals surface area contributed by atoms with E-state index in [4.69, 9.17) is 0 Å². The first-order valence-electron chi connectivity index (χ1n) is 7.01. The van der Waals surface area contributed by atoms with Crippen LogP contribution in [0.15, 0.2) is 12.5 Å². The molecule has 1 heterocycles. The van der Waals surface area contributed by atoms with Crippen molar-refractivity contribution in [1.82, 2.24) is 14.9 Å². The summed E-state index contributed by atoms with van der Waals surface area (Å²) in [5, 5.41) is 3.68. The molecule has 1 aromatic rings. The number of imidazole rings is 1. The maximum absolute atomic E-state index is 4.25. The van der Waals surface area contributed by atoms with E-state index >= 15 is 0 Å². The predicted molar refractivity (Wildman–Crippen MR) is 70.8 cm³/mol. The van der Waals surface area contributed by atoms with Crippen molar-refractivity contribution in [3.63, 3.8) is 0 Å². The summed E-state index contributed by atoms with van der Waals surface area (Å²) in [6.45, 7) is 3.32. The van der Waals surface area contributed by atoms with Gasteiger partial charge in [0.05, 0.1) is 12.0 Å². The van der Waals surface area contributed by atoms with E-state index in [1.54, 1.807) is 0 Å². The van der Waals surface area contributed by atoms with Gasteiger partial charge in [0, 0.05) is 19.3 Å². The second kappa shape index (κ2) is 6.20. The monoisotopic (exact) mass is 235 g/mol. The van der Waals surface area contributed by atoms with Crippen LogP contribution in [0.5, 0.6) is 0 Å². The molecule has 3 heteroatoms. The van der Waals surface area contributed by atoms with Gasteiger partial charge in [-0.2, -0.15) is 0 Å². The Labute approximate surface area is 105 Å². The number of hydrogen-bond donors (Lipinski definition) is 1. The summed E-state index contributed by atoms with van der Waals surface area (Å²) in [6, 6.07) is 0.491. The fourth-order valence-electron chi connectivity index (χ4n) is 2.91. The Balaban J connectivity index is 1.99. The Hall–Kier alpha value is -0.830. The van der Waals surface area contributed by atoms with E-state index in [-0.39, 0.29) is 0 Å². The van der Waals surface area contributed by atoms with Crippen LogP contribution in [0.3, 0.4) is 0 Å². The highest BCUT2D eigenvalue weighted by molar-refractivity contribution is 5.05. The molecular formula is C14H25N3. The van der Waals surface area contributed by atoms with Crippen LogP contribution in [-0.2, 0) is 7.05 Å². The van der Waals surface area contributed by atoms with Gasteiger partial charge in [0.15, 0.2) is 0 Å². The fraction of sp³-hybridized carbons (Fsp3) is 0.786. The molecule has 1 N–H and O–H groups in total. The molecule has 1 unspecified atom stereocenters. The van der Waals surface area contributed by atoms with Crippen molar-refractivity contribution in [2.75, 3.05) is 6.54 Å². The average Bonchev–Trinajstić information content (AvgIpc) is 2.95. The Morgan fingerprint density at radius 1 is 1.47 bits per heavy atom. The van der Waals surface area contributed by atoms with Gasteiger partial charge in [0.25, 0.3) is 0 Å². The van der Waals surface area contributed by atoms with Crippen molar-refractivity contribution < 1.29 is 0 Å². The second-order valence-corrected chi connectivity index (χ2v) is 5.32. The van der Waals surface area contributed by atoms with E-state index in [1.807, 2.05) is 12.5 Å². The quantitative estimate of drug-likeness (QED) is 0.821. The smallest absolute Gasteiger partial charge is 0.0946 e. The first-order valence-corrected chi connectivity index (χ1v) is 7.01. The normalized spacial score (nSPS) is 18.7. The fourth-order valence-corrected chi connectivity index (χ4v) is 2.91. The molecule has 0 aromatic carbocycles. The zero-order valence-corrected chi connectivity index (χ0v) is 11.2. The molecule has 2 rings (SSSR count). The molecule has 1 atom stereocenters. The van der Waals surface area contributed by atoms with Gasteiger partial charge in [-0.25, -0.2) is 4.98 Å². The summed E-state index contributed by atoms with van der Waals surface area (Å²) < 4.78 is 2.16. The average molecular weight is 235 g/mol. The molecule has 0 bridgehead atoms. The van der Waals surface area contributed by atoms with Crippen molar-refractivity contribution in [1.29, 1.82) is 0 Å². The molecule has 1 fully saturated rings. The maximum atomic E-state index is 4.25. The van der Waals surface area contributed by atoms with E-state index in [2.05, 4.69) is 28.8 Å². The van der Waals surface area contributed by atoms with Gasteiger partial charge in [-0.1, -0.05) is 32.6 Å². The third-order valence-corrected chi connectivity index (χ3v) is 3.90. The number of rotatable bonds is 6. The van der Waals surface area contributed by atoms with Crippen LogP contribution >= 0.6 is 0 Å². The van der Waals surface area contributed by atoms with Crippen LogP contribution in [0.25, 0.3) is 0 Å². The van der Waals surface area contributed by atoms with Gasteiger partial charge < -0.3 is 9.88 Å². The molecule has 0 amide bonds. The van der Waals surface area contributed by atoms with E-state index in [0.29, 0.717) is 6.04 Å². The lowest BCUT2D eigenvalue weighted by Gasteiger charge is -2.22. The maximum Gasteiger partial charge on any atom is 0.0946 e. The second-order valence-electron chi connectivity index (χ2n) is 5.32. The summed E-state index contributed by atoms with van der Waals surface area (Å²) in [7, 11) is 2.09. The summed E-state index contributed by atoms with van der Waals surface area (Å²) in [4.78, 5) is 4.25. The van der Waals surface area contributed by atoms with E-state index < -0.39 is 0 Å². The molecule has 1 aliphatic carbocycles. The third-order valence-electron chi connectivity index (χ3n) is 3.90. The predicted octanol–water partition coefficient (Wildman–Crippen LogP) is 3.04. The highest BCUT2D eigenvalue weighted by Gasteiger charge is 2.22. The zero-order chi connectivity index (χ0) is 12.1. The minimum atomic E-state index is 0.491. The van der Waals surface area contributed by atoms with Crippen molar-refractivity contribution in [2.45, 2.75) is 51.5 Å². The number of nitrogens with one attached hydrogen (secondary N) is 1. The Morgan fingerprint density at radius 2 is 2.24 bits per heavy atom. The summed E-state index contributed by atoms with van der Waals surface area (Å²) in [5.74, 6) is 0.916. The molecule has 0 aliphatic heterocycles. The van der Waals surface area contributed by atoms with E-state index in [1.165, 1.54) is 44.2 Å². The van der Waals surface area contributed by atoms with Crippen molar-refractivity contribution in [3.05, 3.63) is 18.2 Å². The molecule has 0 radical (unpaired) electrons. The number of aromatic nitrogens is 2. The topological polar surface area (TPSA) is 29.9 Å². The Bertz CT molecular complexity index is 326. The molecule has 1 aliphatic rings. The minimum Gasteiger partial charge on any atom is -0.336 e. The molecule has 3 nitrogen and oxygen atoms in total. The van der Waals surface area contributed by atoms with Gasteiger partial charge >= 0.3 is 0 Å². The van der Waals surface area contributed by atoms with E-state index in [0.717, 1.165) is 12.5 Å². The zero-order valence-electron chi connectivity index (χ0n) is 11.2. The van der Waals surface area contributed by atoms with Crippen molar-refractivity contribution in [3.8, 4) is 0 Å². The number of nitrogens with zero attached hydrogens (tertiary/aromatic N) is 2. The van der Waals surface area contributed by atoms with Crippen LogP contribution in [-0.4, -0.2) is 16.1 Å². The largest absolute Gasteiger partial charge is 0.336 e. The van der Waals surface area contributed by atoms with Crippen LogP contribution < -0.4 is 5.32 Å². The van der Waals surface area contributed by atoms with Crippen LogP contribution in [0.4, 0.5) is 0 Å².